The molecule has 7 nitrogen and oxygen atoms in total. The minimum Gasteiger partial charge on any atom is -0.364 e. The van der Waals surface area contributed by atoms with Crippen molar-refractivity contribution < 1.29 is 4.79 Å². The van der Waals surface area contributed by atoms with Crippen LogP contribution < -0.4 is 10.6 Å². The molecular formula is C19H23ClN6O. The van der Waals surface area contributed by atoms with Gasteiger partial charge in [-0.15, -0.1) is 15.3 Å². The molecular weight excluding hydrogens is 364 g/mol. The number of aromatic nitrogens is 4. The van der Waals surface area contributed by atoms with Gasteiger partial charge < -0.3 is 10.6 Å². The van der Waals surface area contributed by atoms with Crippen LogP contribution in [-0.2, 0) is 17.8 Å². The average Bonchev–Trinajstić information content (AvgIpc) is 3.08. The fourth-order valence-corrected chi connectivity index (χ4v) is 2.79. The molecule has 142 valence electrons. The number of nitrogens with one attached hydrogen (secondary N) is 2. The molecule has 3 rings (SSSR count). The smallest absolute Gasteiger partial charge is 0.220 e. The Kier molecular flexibility index (Phi) is 6.24. The minimum atomic E-state index is 0.00843. The van der Waals surface area contributed by atoms with E-state index in [1.54, 1.807) is 4.52 Å². The summed E-state index contributed by atoms with van der Waals surface area (Å²) < 4.78 is 1.67. The van der Waals surface area contributed by atoms with E-state index in [-0.39, 0.29) is 11.9 Å². The number of benzene rings is 1. The molecule has 3 aromatic rings. The second-order valence-electron chi connectivity index (χ2n) is 6.43. The maximum absolute atomic E-state index is 12.0. The van der Waals surface area contributed by atoms with E-state index in [1.807, 2.05) is 50.2 Å². The van der Waals surface area contributed by atoms with Gasteiger partial charge >= 0.3 is 0 Å². The Balaban J connectivity index is 1.67. The Hall–Kier alpha value is -2.67. The predicted molar refractivity (Wildman–Crippen MR) is 106 cm³/mol. The molecule has 0 radical (unpaired) electrons. The number of hydrogen-bond acceptors (Lipinski definition) is 5. The SMILES string of the molecule is CCC(C)NC(=O)CCc1nnc2ccc(NCc3ccccc3Cl)nn12. The summed E-state index contributed by atoms with van der Waals surface area (Å²) in [6.45, 7) is 4.59. The van der Waals surface area contributed by atoms with Crippen LogP contribution in [0.15, 0.2) is 36.4 Å². The highest BCUT2D eigenvalue weighted by Gasteiger charge is 2.11. The molecule has 0 saturated heterocycles. The average molecular weight is 387 g/mol. The van der Waals surface area contributed by atoms with Crippen molar-refractivity contribution in [2.45, 2.75) is 45.7 Å². The van der Waals surface area contributed by atoms with Gasteiger partial charge in [0.05, 0.1) is 0 Å². The van der Waals surface area contributed by atoms with Gasteiger partial charge in [-0.25, -0.2) is 0 Å². The molecule has 0 aliphatic carbocycles. The summed E-state index contributed by atoms with van der Waals surface area (Å²) in [5, 5.41) is 19.7. The van der Waals surface area contributed by atoms with Crippen LogP contribution in [0.4, 0.5) is 5.82 Å². The van der Waals surface area contributed by atoms with Crippen molar-refractivity contribution in [2.75, 3.05) is 5.32 Å². The third-order valence-electron chi connectivity index (χ3n) is 4.34. The normalized spacial score (nSPS) is 12.1. The fraction of sp³-hybridized carbons (Fsp3) is 0.368. The van der Waals surface area contributed by atoms with Gasteiger partial charge in [-0.05, 0) is 37.1 Å². The molecule has 1 amide bonds. The van der Waals surface area contributed by atoms with Gasteiger partial charge in [0.1, 0.15) is 5.82 Å². The first-order valence-corrected chi connectivity index (χ1v) is 9.42. The Morgan fingerprint density at radius 3 is 2.81 bits per heavy atom. The van der Waals surface area contributed by atoms with Crippen molar-refractivity contribution in [1.82, 2.24) is 25.1 Å². The van der Waals surface area contributed by atoms with E-state index in [9.17, 15) is 4.79 Å². The van der Waals surface area contributed by atoms with Crippen molar-refractivity contribution in [1.29, 1.82) is 0 Å². The molecule has 1 atom stereocenters. The maximum Gasteiger partial charge on any atom is 0.220 e. The van der Waals surface area contributed by atoms with Gasteiger partial charge in [-0.2, -0.15) is 4.52 Å². The summed E-state index contributed by atoms with van der Waals surface area (Å²) in [6.07, 6.45) is 1.73. The molecule has 2 N–H and O–H groups in total. The quantitative estimate of drug-likeness (QED) is 0.620. The highest BCUT2D eigenvalue weighted by molar-refractivity contribution is 6.31. The monoisotopic (exact) mass is 386 g/mol. The second-order valence-corrected chi connectivity index (χ2v) is 6.83. The summed E-state index contributed by atoms with van der Waals surface area (Å²) in [6, 6.07) is 11.5. The van der Waals surface area contributed by atoms with Gasteiger partial charge in [0, 0.05) is 30.5 Å². The number of nitrogens with zero attached hydrogens (tertiary/aromatic N) is 4. The van der Waals surface area contributed by atoms with Crippen LogP contribution in [0.2, 0.25) is 5.02 Å². The molecule has 0 aliphatic heterocycles. The van der Waals surface area contributed by atoms with E-state index < -0.39 is 0 Å². The highest BCUT2D eigenvalue weighted by Crippen LogP contribution is 2.16. The van der Waals surface area contributed by atoms with E-state index in [0.29, 0.717) is 41.7 Å². The minimum absolute atomic E-state index is 0.00843. The first-order chi connectivity index (χ1) is 13.1. The number of anilines is 1. The highest BCUT2D eigenvalue weighted by atomic mass is 35.5. The zero-order valence-electron chi connectivity index (χ0n) is 15.4. The van der Waals surface area contributed by atoms with Crippen LogP contribution >= 0.6 is 11.6 Å². The number of carbonyl (C=O) groups is 1. The molecule has 0 bridgehead atoms. The molecule has 1 unspecified atom stereocenters. The van der Waals surface area contributed by atoms with Crippen molar-refractivity contribution in [2.24, 2.45) is 0 Å². The summed E-state index contributed by atoms with van der Waals surface area (Å²) in [4.78, 5) is 12.0. The Bertz CT molecular complexity index is 925. The summed E-state index contributed by atoms with van der Waals surface area (Å²) in [7, 11) is 0. The number of rotatable bonds is 8. The third-order valence-corrected chi connectivity index (χ3v) is 4.71. The predicted octanol–water partition coefficient (Wildman–Crippen LogP) is 3.24. The van der Waals surface area contributed by atoms with Crippen LogP contribution in [-0.4, -0.2) is 31.8 Å². The van der Waals surface area contributed by atoms with Crippen molar-refractivity contribution in [3.63, 3.8) is 0 Å². The fourth-order valence-electron chi connectivity index (χ4n) is 2.59. The zero-order valence-corrected chi connectivity index (χ0v) is 16.2. The Morgan fingerprint density at radius 2 is 2.04 bits per heavy atom. The number of aryl methyl sites for hydroxylation is 1. The lowest BCUT2D eigenvalue weighted by molar-refractivity contribution is -0.121. The van der Waals surface area contributed by atoms with Gasteiger partial charge in [-0.3, -0.25) is 4.79 Å². The molecule has 2 heterocycles. The Morgan fingerprint density at radius 1 is 1.22 bits per heavy atom. The standard InChI is InChI=1S/C19H23ClN6O/c1-3-13(2)22-19(27)11-10-18-24-23-17-9-8-16(25-26(17)18)21-12-14-6-4-5-7-15(14)20/h4-9,13H,3,10-12H2,1-2H3,(H,21,25)(H,22,27). The van der Waals surface area contributed by atoms with Crippen molar-refractivity contribution in [3.8, 4) is 0 Å². The number of amides is 1. The van der Waals surface area contributed by atoms with Gasteiger partial charge in [0.15, 0.2) is 11.5 Å². The lowest BCUT2D eigenvalue weighted by Gasteiger charge is -2.10. The first-order valence-electron chi connectivity index (χ1n) is 9.04. The summed E-state index contributed by atoms with van der Waals surface area (Å²) in [5.41, 5.74) is 1.64. The topological polar surface area (TPSA) is 84.2 Å². The third kappa shape index (κ3) is 4.95. The summed E-state index contributed by atoms with van der Waals surface area (Å²) >= 11 is 6.19. The van der Waals surface area contributed by atoms with Gasteiger partial charge in [0.2, 0.25) is 5.91 Å². The number of hydrogen-bond donors (Lipinski definition) is 2. The lowest BCUT2D eigenvalue weighted by atomic mass is 10.2. The maximum atomic E-state index is 12.0. The molecule has 0 aliphatic rings. The second kappa shape index (κ2) is 8.81. The number of fused-ring (bicyclic) bond motifs is 1. The van der Waals surface area contributed by atoms with E-state index >= 15 is 0 Å². The zero-order chi connectivity index (χ0) is 19.2. The lowest BCUT2D eigenvalue weighted by Crippen LogP contribution is -2.32. The van der Waals surface area contributed by atoms with Gasteiger partial charge in [-0.1, -0.05) is 36.7 Å². The van der Waals surface area contributed by atoms with E-state index in [2.05, 4.69) is 25.9 Å². The van der Waals surface area contributed by atoms with E-state index in [4.69, 9.17) is 11.6 Å². The largest absolute Gasteiger partial charge is 0.364 e. The summed E-state index contributed by atoms with van der Waals surface area (Å²) in [5.74, 6) is 1.35. The first kappa shape index (κ1) is 19.1. The van der Waals surface area contributed by atoms with Crippen LogP contribution in [0, 0.1) is 0 Å². The van der Waals surface area contributed by atoms with E-state index in [0.717, 1.165) is 12.0 Å². The van der Waals surface area contributed by atoms with Crippen LogP contribution in [0.5, 0.6) is 0 Å². The number of carbonyl (C=O) groups excluding carboxylic acids is 1. The molecule has 8 heteroatoms. The molecule has 0 spiro atoms. The van der Waals surface area contributed by atoms with Crippen LogP contribution in [0.1, 0.15) is 38.1 Å². The molecule has 2 aromatic heterocycles. The van der Waals surface area contributed by atoms with Crippen LogP contribution in [0.3, 0.4) is 0 Å². The van der Waals surface area contributed by atoms with Gasteiger partial charge in [0.25, 0.3) is 0 Å². The Labute approximate surface area is 163 Å². The van der Waals surface area contributed by atoms with Crippen molar-refractivity contribution >= 4 is 29.0 Å². The molecule has 1 aromatic carbocycles. The molecule has 0 saturated carbocycles. The number of halogens is 1. The molecule has 27 heavy (non-hydrogen) atoms. The van der Waals surface area contributed by atoms with Crippen LogP contribution in [0.25, 0.3) is 5.65 Å². The molecule has 0 fully saturated rings. The van der Waals surface area contributed by atoms with Crippen molar-refractivity contribution in [3.05, 3.63) is 52.8 Å². The van der Waals surface area contributed by atoms with E-state index in [1.165, 1.54) is 0 Å².